The average Bonchev–Trinajstić information content (AvgIpc) is 1.70. The first-order valence-corrected chi connectivity index (χ1v) is 33.8. The summed E-state index contributed by atoms with van der Waals surface area (Å²) in [7, 11) is 0. The molecule has 430 valence electrons. The fraction of sp³-hybridized carbons (Fsp3) is 0.0805. The van der Waals surface area contributed by atoms with E-state index in [0.717, 1.165) is 61.0 Å². The lowest BCUT2D eigenvalue weighted by atomic mass is 9.92. The smallest absolute Gasteiger partial charge is 0.0541 e. The molecule has 2 nitrogen and oxygen atoms in total. The number of rotatable bonds is 10. The van der Waals surface area contributed by atoms with Crippen molar-refractivity contribution in [1.82, 2.24) is 9.13 Å². The molecule has 0 bridgehead atoms. The lowest BCUT2D eigenvalue weighted by molar-refractivity contribution is 0.931. The Kier molecular flexibility index (Phi) is 11.9. The van der Waals surface area contributed by atoms with Crippen molar-refractivity contribution >= 4 is 98.6 Å². The zero-order chi connectivity index (χ0) is 60.0. The maximum Gasteiger partial charge on any atom is 0.0541 e. The molecule has 0 aliphatic heterocycles. The van der Waals surface area contributed by atoms with E-state index in [1.54, 1.807) is 0 Å². The summed E-state index contributed by atoms with van der Waals surface area (Å²) in [6, 6.07) is 92.8. The molecule has 16 aromatic rings. The SMILES string of the molecule is C=Cc1sc2c(-c3cccc4c3Cc3ccc(-c5cc(-c6cc(-c7ccc8c(c7)-c7cccc(-c9cccc%10c%11c(sc9%10)C=CCC%11)c7C8)cc(-n7c8ccccc8c8ccccc87)c6)cc(-n6c7ccccc7c7ccccc76)c5)cc3-4)cccc2c1CCC. The van der Waals surface area contributed by atoms with Gasteiger partial charge in [0, 0.05) is 52.1 Å². The van der Waals surface area contributed by atoms with Gasteiger partial charge in [0.2, 0.25) is 0 Å². The molecular formula is C87H60N2S2. The molecule has 0 fully saturated rings. The third kappa shape index (κ3) is 8.09. The minimum absolute atomic E-state index is 0.893. The Balaban J connectivity index is 0.805. The van der Waals surface area contributed by atoms with Gasteiger partial charge in [-0.15, -0.1) is 22.7 Å². The predicted molar refractivity (Wildman–Crippen MR) is 391 cm³/mol. The Bertz CT molecular complexity index is 5720. The van der Waals surface area contributed by atoms with Crippen molar-refractivity contribution in [1.29, 1.82) is 0 Å². The fourth-order valence-electron chi connectivity index (χ4n) is 16.1. The van der Waals surface area contributed by atoms with Crippen molar-refractivity contribution in [3.05, 3.63) is 298 Å². The first-order valence-electron chi connectivity index (χ1n) is 32.2. The van der Waals surface area contributed by atoms with Crippen LogP contribution in [-0.2, 0) is 25.7 Å². The zero-order valence-electron chi connectivity index (χ0n) is 50.5. The number of aryl methyl sites for hydroxylation is 2. The first kappa shape index (κ1) is 52.6. The van der Waals surface area contributed by atoms with Gasteiger partial charge >= 0.3 is 0 Å². The van der Waals surface area contributed by atoms with E-state index < -0.39 is 0 Å². The summed E-state index contributed by atoms with van der Waals surface area (Å²) in [5.74, 6) is 0. The van der Waals surface area contributed by atoms with Crippen molar-refractivity contribution in [2.75, 3.05) is 0 Å². The number of fused-ring (bicyclic) bond motifs is 16. The molecule has 4 heteroatoms. The molecule has 19 rings (SSSR count). The highest BCUT2D eigenvalue weighted by Crippen LogP contribution is 2.51. The van der Waals surface area contributed by atoms with E-state index in [-0.39, 0.29) is 0 Å². The molecule has 3 aliphatic carbocycles. The molecule has 0 atom stereocenters. The van der Waals surface area contributed by atoms with Crippen LogP contribution in [0, 0.1) is 0 Å². The normalized spacial score (nSPS) is 13.0. The third-order valence-corrected chi connectivity index (χ3v) is 22.7. The summed E-state index contributed by atoms with van der Waals surface area (Å²) in [6.07, 6.45) is 12.9. The molecule has 91 heavy (non-hydrogen) atoms. The summed E-state index contributed by atoms with van der Waals surface area (Å²) in [5.41, 5.74) is 33.3. The Morgan fingerprint density at radius 2 is 0.802 bits per heavy atom. The molecule has 0 amide bonds. The van der Waals surface area contributed by atoms with Gasteiger partial charge in [-0.05, 0) is 233 Å². The first-order chi connectivity index (χ1) is 45.0. The molecule has 4 heterocycles. The standard InChI is InChI=1S/C87H60N2S2/c1-3-19-70-74-31-17-29-72(86(74)90-84(70)4-2)62-25-15-27-64-76-48-52(38-40-54(76)50-78(62)64)56-42-58(46-60(44-56)88-80-33-10-5-20-66(80)67-21-6-11-34-81(67)88)59-43-57(45-61(47-59)89-82-35-12-7-22-68(82)69-23-8-13-36-83(69)89)53-39-41-55-51-79-63(26-16-28-65(79)77(55)49-53)73-30-18-32-75-71-24-9-14-37-85(71)91-87(73)75/h4-8,10-18,20-23,25-49H,2-3,9,19,24,50-51H2,1H3. The van der Waals surface area contributed by atoms with Gasteiger partial charge in [0.05, 0.1) is 22.1 Å². The quantitative estimate of drug-likeness (QED) is 0.129. The lowest BCUT2D eigenvalue weighted by Crippen LogP contribution is -1.98. The van der Waals surface area contributed by atoms with E-state index in [9.17, 15) is 0 Å². The number of para-hydroxylation sites is 4. The number of hydrogen-bond donors (Lipinski definition) is 0. The molecule has 4 aromatic heterocycles. The third-order valence-electron chi connectivity index (χ3n) is 20.2. The molecule has 3 aliphatic rings. The monoisotopic (exact) mass is 1200 g/mol. The van der Waals surface area contributed by atoms with E-state index in [4.69, 9.17) is 0 Å². The van der Waals surface area contributed by atoms with E-state index in [0.29, 0.717) is 0 Å². The lowest BCUT2D eigenvalue weighted by Gasteiger charge is -2.17. The number of hydrogen-bond acceptors (Lipinski definition) is 2. The van der Waals surface area contributed by atoms with Gasteiger partial charge in [0.15, 0.2) is 0 Å². The van der Waals surface area contributed by atoms with Gasteiger partial charge in [-0.3, -0.25) is 0 Å². The van der Waals surface area contributed by atoms with Crippen molar-refractivity contribution in [3.63, 3.8) is 0 Å². The van der Waals surface area contributed by atoms with Crippen LogP contribution in [0.1, 0.15) is 62.9 Å². The van der Waals surface area contributed by atoms with Gasteiger partial charge in [0.25, 0.3) is 0 Å². The number of benzene rings is 12. The Hall–Kier alpha value is -10.4. The predicted octanol–water partition coefficient (Wildman–Crippen LogP) is 24.3. The summed E-state index contributed by atoms with van der Waals surface area (Å²) >= 11 is 3.86. The van der Waals surface area contributed by atoms with Crippen LogP contribution in [0.3, 0.4) is 0 Å². The van der Waals surface area contributed by atoms with Gasteiger partial charge in [-0.1, -0.05) is 202 Å². The minimum atomic E-state index is 0.893. The van der Waals surface area contributed by atoms with Crippen LogP contribution in [0.4, 0.5) is 0 Å². The topological polar surface area (TPSA) is 9.86 Å². The van der Waals surface area contributed by atoms with Gasteiger partial charge in [-0.25, -0.2) is 0 Å². The van der Waals surface area contributed by atoms with Crippen molar-refractivity contribution in [2.24, 2.45) is 0 Å². The van der Waals surface area contributed by atoms with Gasteiger partial charge in [0.1, 0.15) is 0 Å². The minimum Gasteiger partial charge on any atom is -0.309 e. The average molecular weight is 1200 g/mol. The number of nitrogens with zero attached hydrogens (tertiary/aromatic N) is 2. The van der Waals surface area contributed by atoms with E-state index in [1.807, 2.05) is 22.7 Å². The van der Waals surface area contributed by atoms with Crippen molar-refractivity contribution < 1.29 is 0 Å². The van der Waals surface area contributed by atoms with Gasteiger partial charge < -0.3 is 9.13 Å². The molecule has 0 saturated heterocycles. The largest absolute Gasteiger partial charge is 0.309 e. The summed E-state index contributed by atoms with van der Waals surface area (Å²) in [5, 5.41) is 7.78. The van der Waals surface area contributed by atoms with Crippen LogP contribution in [0.5, 0.6) is 0 Å². The number of thiophene rings is 2. The maximum atomic E-state index is 4.26. The second-order valence-electron chi connectivity index (χ2n) is 25.2. The highest BCUT2D eigenvalue weighted by molar-refractivity contribution is 7.21. The van der Waals surface area contributed by atoms with Crippen LogP contribution >= 0.6 is 22.7 Å². The molecule has 0 N–H and O–H groups in total. The molecular weight excluding hydrogens is 1140 g/mol. The Labute approximate surface area is 537 Å². The van der Waals surface area contributed by atoms with E-state index in [1.165, 1.54) is 174 Å². The maximum absolute atomic E-state index is 4.26. The second-order valence-corrected chi connectivity index (χ2v) is 27.3. The molecule has 12 aromatic carbocycles. The Morgan fingerprint density at radius 1 is 0.385 bits per heavy atom. The molecule has 0 radical (unpaired) electrons. The number of allylic oxidation sites excluding steroid dienone is 1. The summed E-state index contributed by atoms with van der Waals surface area (Å²) < 4.78 is 7.76. The fourth-order valence-corrected chi connectivity index (χ4v) is 18.6. The molecule has 0 spiro atoms. The van der Waals surface area contributed by atoms with Crippen LogP contribution in [-0.4, -0.2) is 9.13 Å². The van der Waals surface area contributed by atoms with E-state index >= 15 is 0 Å². The number of aromatic nitrogens is 2. The Morgan fingerprint density at radius 3 is 1.29 bits per heavy atom. The van der Waals surface area contributed by atoms with E-state index in [2.05, 4.69) is 284 Å². The van der Waals surface area contributed by atoms with Crippen molar-refractivity contribution in [3.8, 4) is 89.3 Å². The molecule has 0 unspecified atom stereocenters. The van der Waals surface area contributed by atoms with Crippen LogP contribution in [0.15, 0.2) is 255 Å². The van der Waals surface area contributed by atoms with Crippen LogP contribution < -0.4 is 0 Å². The summed E-state index contributed by atoms with van der Waals surface area (Å²) in [6.45, 7) is 6.53. The summed E-state index contributed by atoms with van der Waals surface area (Å²) in [4.78, 5) is 2.71. The van der Waals surface area contributed by atoms with Crippen LogP contribution in [0.25, 0.3) is 165 Å². The zero-order valence-corrected chi connectivity index (χ0v) is 52.1. The van der Waals surface area contributed by atoms with Crippen molar-refractivity contribution in [2.45, 2.75) is 45.4 Å². The van der Waals surface area contributed by atoms with Gasteiger partial charge in [-0.2, -0.15) is 0 Å². The highest BCUT2D eigenvalue weighted by Gasteiger charge is 2.28. The second kappa shape index (κ2) is 20.6. The highest BCUT2D eigenvalue weighted by atomic mass is 32.1. The molecule has 0 saturated carbocycles. The van der Waals surface area contributed by atoms with Crippen LogP contribution in [0.2, 0.25) is 0 Å².